The maximum absolute atomic E-state index is 11.7. The third kappa shape index (κ3) is 2.12. The summed E-state index contributed by atoms with van der Waals surface area (Å²) >= 11 is 0. The van der Waals surface area contributed by atoms with E-state index in [-0.39, 0.29) is 13.1 Å². The fraction of sp³-hybridized carbons (Fsp3) is 0.417. The zero-order valence-electron chi connectivity index (χ0n) is 10.0. The second kappa shape index (κ2) is 4.83. The molecule has 0 amide bonds. The number of ether oxygens (including phenoxy) is 1. The van der Waals surface area contributed by atoms with Crippen LogP contribution in [0.5, 0.6) is 0 Å². The van der Waals surface area contributed by atoms with Gasteiger partial charge in [-0.05, 0) is 12.1 Å². The molecule has 6 nitrogen and oxygen atoms in total. The number of benzene rings is 1. The predicted octanol–water partition coefficient (Wildman–Crippen LogP) is -0.403. The molecule has 0 bridgehead atoms. The summed E-state index contributed by atoms with van der Waals surface area (Å²) in [6.45, 7) is 0.471. The number of aliphatic hydroxyl groups is 2. The summed E-state index contributed by atoms with van der Waals surface area (Å²) in [5.41, 5.74) is 7.12. The van der Waals surface area contributed by atoms with Crippen molar-refractivity contribution in [2.75, 3.05) is 30.8 Å². The fourth-order valence-corrected chi connectivity index (χ4v) is 2.14. The Bertz CT molecular complexity index is 453. The number of methoxy groups -OCH3 is 1. The number of carbonyl (C=O) groups is 1. The maximum atomic E-state index is 11.7. The first-order valence-corrected chi connectivity index (χ1v) is 5.62. The quantitative estimate of drug-likeness (QED) is 0.489. The highest BCUT2D eigenvalue weighted by Crippen LogP contribution is 2.31. The number of carbonyl (C=O) groups excluding carboxylic acids is 1. The molecule has 1 fully saturated rings. The molecule has 2 atom stereocenters. The average Bonchev–Trinajstić information content (AvgIpc) is 2.68. The smallest absolute Gasteiger partial charge is 0.340 e. The Morgan fingerprint density at radius 1 is 1.39 bits per heavy atom. The van der Waals surface area contributed by atoms with Gasteiger partial charge in [0, 0.05) is 13.1 Å². The molecule has 4 N–H and O–H groups in total. The van der Waals surface area contributed by atoms with Crippen molar-refractivity contribution in [1.82, 2.24) is 0 Å². The van der Waals surface area contributed by atoms with E-state index in [9.17, 15) is 15.0 Å². The van der Waals surface area contributed by atoms with Gasteiger partial charge in [0.1, 0.15) is 0 Å². The molecular formula is C12H16N2O4. The third-order valence-electron chi connectivity index (χ3n) is 3.05. The number of para-hydroxylation sites is 1. The van der Waals surface area contributed by atoms with E-state index in [1.165, 1.54) is 7.11 Å². The Morgan fingerprint density at radius 2 is 2.00 bits per heavy atom. The average molecular weight is 252 g/mol. The molecule has 1 aliphatic rings. The van der Waals surface area contributed by atoms with Gasteiger partial charge >= 0.3 is 5.97 Å². The molecule has 2 rings (SSSR count). The van der Waals surface area contributed by atoms with Crippen LogP contribution in [0.1, 0.15) is 10.4 Å². The number of anilines is 2. The van der Waals surface area contributed by atoms with Crippen LogP contribution in [-0.4, -0.2) is 48.6 Å². The van der Waals surface area contributed by atoms with Crippen LogP contribution >= 0.6 is 0 Å². The molecule has 98 valence electrons. The van der Waals surface area contributed by atoms with Crippen LogP contribution in [-0.2, 0) is 4.74 Å². The summed E-state index contributed by atoms with van der Waals surface area (Å²) in [5.74, 6) is -0.492. The van der Waals surface area contributed by atoms with Crippen LogP contribution in [0.3, 0.4) is 0 Å². The summed E-state index contributed by atoms with van der Waals surface area (Å²) in [4.78, 5) is 13.4. The molecular weight excluding hydrogens is 236 g/mol. The molecule has 1 saturated heterocycles. The zero-order chi connectivity index (χ0) is 13.3. The molecule has 18 heavy (non-hydrogen) atoms. The lowest BCUT2D eigenvalue weighted by molar-refractivity contribution is 0.0572. The minimum Gasteiger partial charge on any atom is -0.465 e. The number of nitrogens with zero attached hydrogens (tertiary/aromatic N) is 1. The minimum absolute atomic E-state index is 0.235. The van der Waals surface area contributed by atoms with E-state index in [4.69, 9.17) is 10.5 Å². The number of hydrogen-bond acceptors (Lipinski definition) is 6. The molecule has 0 aromatic heterocycles. The monoisotopic (exact) mass is 252 g/mol. The fourth-order valence-electron chi connectivity index (χ4n) is 2.14. The van der Waals surface area contributed by atoms with Crippen molar-refractivity contribution >= 4 is 17.3 Å². The first-order chi connectivity index (χ1) is 8.54. The SMILES string of the molecule is COC(=O)c1cccc(N)c1N1CC(O)C(O)C1. The molecule has 1 aromatic carbocycles. The van der Waals surface area contributed by atoms with Crippen molar-refractivity contribution in [3.05, 3.63) is 23.8 Å². The first kappa shape index (κ1) is 12.7. The topological polar surface area (TPSA) is 96.0 Å². The van der Waals surface area contributed by atoms with Crippen molar-refractivity contribution in [2.45, 2.75) is 12.2 Å². The van der Waals surface area contributed by atoms with Crippen molar-refractivity contribution < 1.29 is 19.7 Å². The van der Waals surface area contributed by atoms with Crippen LogP contribution in [0.4, 0.5) is 11.4 Å². The van der Waals surface area contributed by atoms with Crippen LogP contribution in [0.25, 0.3) is 0 Å². The minimum atomic E-state index is -0.838. The van der Waals surface area contributed by atoms with Crippen LogP contribution in [0, 0.1) is 0 Å². The van der Waals surface area contributed by atoms with E-state index in [1.807, 2.05) is 0 Å². The zero-order valence-corrected chi connectivity index (χ0v) is 10.0. The maximum Gasteiger partial charge on any atom is 0.340 e. The Kier molecular flexibility index (Phi) is 3.40. The second-order valence-corrected chi connectivity index (χ2v) is 4.27. The lowest BCUT2D eigenvalue weighted by Crippen LogP contribution is -2.25. The molecule has 0 saturated carbocycles. The molecule has 1 heterocycles. The lowest BCUT2D eigenvalue weighted by Gasteiger charge is -2.22. The van der Waals surface area contributed by atoms with Gasteiger partial charge in [0.05, 0.1) is 36.3 Å². The van der Waals surface area contributed by atoms with E-state index in [0.29, 0.717) is 16.9 Å². The molecule has 1 aromatic rings. The number of nitrogens with two attached hydrogens (primary N) is 1. The van der Waals surface area contributed by atoms with Gasteiger partial charge in [-0.15, -0.1) is 0 Å². The summed E-state index contributed by atoms with van der Waals surface area (Å²) in [6, 6.07) is 4.93. The van der Waals surface area contributed by atoms with E-state index in [2.05, 4.69) is 0 Å². The van der Waals surface area contributed by atoms with Crippen molar-refractivity contribution in [3.63, 3.8) is 0 Å². The van der Waals surface area contributed by atoms with Gasteiger partial charge in [-0.25, -0.2) is 4.79 Å². The van der Waals surface area contributed by atoms with E-state index >= 15 is 0 Å². The van der Waals surface area contributed by atoms with E-state index < -0.39 is 18.2 Å². The highest BCUT2D eigenvalue weighted by atomic mass is 16.5. The van der Waals surface area contributed by atoms with Crippen LogP contribution in [0.2, 0.25) is 0 Å². The first-order valence-electron chi connectivity index (χ1n) is 5.62. The van der Waals surface area contributed by atoms with E-state index in [0.717, 1.165) is 0 Å². The summed E-state index contributed by atoms with van der Waals surface area (Å²) in [6.07, 6.45) is -1.68. The van der Waals surface area contributed by atoms with Gasteiger partial charge in [-0.2, -0.15) is 0 Å². The number of hydrogen-bond donors (Lipinski definition) is 3. The Hall–Kier alpha value is -1.79. The highest BCUT2D eigenvalue weighted by Gasteiger charge is 2.32. The third-order valence-corrected chi connectivity index (χ3v) is 3.05. The molecule has 0 spiro atoms. The number of aliphatic hydroxyl groups excluding tert-OH is 2. The number of rotatable bonds is 2. The highest BCUT2D eigenvalue weighted by molar-refractivity contribution is 5.99. The van der Waals surface area contributed by atoms with Crippen molar-refractivity contribution in [3.8, 4) is 0 Å². The number of esters is 1. The largest absolute Gasteiger partial charge is 0.465 e. The predicted molar refractivity (Wildman–Crippen MR) is 66.4 cm³/mol. The lowest BCUT2D eigenvalue weighted by atomic mass is 10.1. The summed E-state index contributed by atoms with van der Waals surface area (Å²) in [7, 11) is 1.29. The Morgan fingerprint density at radius 3 is 2.56 bits per heavy atom. The van der Waals surface area contributed by atoms with E-state index in [1.54, 1.807) is 23.1 Å². The van der Waals surface area contributed by atoms with Crippen molar-refractivity contribution in [1.29, 1.82) is 0 Å². The number of nitrogen functional groups attached to an aromatic ring is 1. The molecule has 2 unspecified atom stereocenters. The van der Waals surface area contributed by atoms with Gasteiger partial charge in [-0.1, -0.05) is 6.07 Å². The van der Waals surface area contributed by atoms with Crippen LogP contribution < -0.4 is 10.6 Å². The number of β-amino-alcohol motifs (C(OH)–C–C–N with tert-alkyl or cyclic N) is 2. The van der Waals surface area contributed by atoms with Crippen molar-refractivity contribution in [2.24, 2.45) is 0 Å². The second-order valence-electron chi connectivity index (χ2n) is 4.27. The summed E-state index contributed by atoms with van der Waals surface area (Å²) < 4.78 is 4.70. The van der Waals surface area contributed by atoms with Crippen LogP contribution in [0.15, 0.2) is 18.2 Å². The van der Waals surface area contributed by atoms with Gasteiger partial charge < -0.3 is 25.6 Å². The van der Waals surface area contributed by atoms with Gasteiger partial charge in [0.15, 0.2) is 0 Å². The standard InChI is InChI=1S/C12H16N2O4/c1-18-12(17)7-3-2-4-8(13)11(7)14-5-9(15)10(16)6-14/h2-4,9-10,15-16H,5-6,13H2,1H3. The van der Waals surface area contributed by atoms with Gasteiger partial charge in [0.2, 0.25) is 0 Å². The van der Waals surface area contributed by atoms with Gasteiger partial charge in [-0.3, -0.25) is 0 Å². The Balaban J connectivity index is 2.40. The van der Waals surface area contributed by atoms with Gasteiger partial charge in [0.25, 0.3) is 0 Å². The normalized spacial score (nSPS) is 23.2. The molecule has 0 radical (unpaired) electrons. The Labute approximate surface area is 105 Å². The molecule has 0 aliphatic carbocycles. The molecule has 1 aliphatic heterocycles. The summed E-state index contributed by atoms with van der Waals surface area (Å²) in [5, 5.41) is 19.1. The molecule has 6 heteroatoms.